The minimum Gasteiger partial charge on any atom is -0.339 e. The van der Waals surface area contributed by atoms with Crippen LogP contribution in [0.4, 0.5) is 10.1 Å². The smallest absolute Gasteiger partial charge is 0.272 e. The number of carbonyl (C=O) groups excluding carboxylic acids is 2. The Hall–Kier alpha value is -1.84. The van der Waals surface area contributed by atoms with Gasteiger partial charge in [0.2, 0.25) is 5.91 Å². The first kappa shape index (κ1) is 23.4. The van der Waals surface area contributed by atoms with E-state index in [1.54, 1.807) is 11.8 Å². The van der Waals surface area contributed by atoms with Crippen molar-refractivity contribution in [3.8, 4) is 0 Å². The van der Waals surface area contributed by atoms with Crippen LogP contribution in [-0.4, -0.2) is 45.6 Å². The van der Waals surface area contributed by atoms with E-state index in [-0.39, 0.29) is 10.7 Å². The van der Waals surface area contributed by atoms with Gasteiger partial charge >= 0.3 is 0 Å². The van der Waals surface area contributed by atoms with Gasteiger partial charge in [-0.2, -0.15) is 11.8 Å². The lowest BCUT2D eigenvalue weighted by Gasteiger charge is -2.18. The van der Waals surface area contributed by atoms with Crippen LogP contribution in [0.25, 0.3) is 0 Å². The van der Waals surface area contributed by atoms with Crippen LogP contribution in [0.15, 0.2) is 35.6 Å². The van der Waals surface area contributed by atoms with Crippen LogP contribution in [0, 0.1) is 5.82 Å². The number of rotatable bonds is 10. The average molecular weight is 457 g/mol. The van der Waals surface area contributed by atoms with Crippen LogP contribution in [0.2, 0.25) is 5.02 Å². The van der Waals surface area contributed by atoms with E-state index in [2.05, 4.69) is 20.6 Å². The maximum atomic E-state index is 13.1. The molecule has 2 rings (SSSR count). The van der Waals surface area contributed by atoms with Gasteiger partial charge in [-0.1, -0.05) is 30.3 Å². The molecule has 2 N–H and O–H groups in total. The summed E-state index contributed by atoms with van der Waals surface area (Å²) in [4.78, 5) is 33.7. The SMILES string of the molecule is CCCSc1ncc(Cl)c(C(=O)NC(CCSC)C(=O)Nc2ccc(F)cc2)n1. The molecule has 0 aliphatic heterocycles. The highest BCUT2D eigenvalue weighted by molar-refractivity contribution is 7.99. The molecular weight excluding hydrogens is 435 g/mol. The van der Waals surface area contributed by atoms with E-state index in [1.807, 2.05) is 13.2 Å². The van der Waals surface area contributed by atoms with Gasteiger partial charge in [-0.05, 0) is 49.1 Å². The molecule has 0 radical (unpaired) electrons. The van der Waals surface area contributed by atoms with Gasteiger partial charge in [0.15, 0.2) is 10.9 Å². The lowest BCUT2D eigenvalue weighted by atomic mass is 10.2. The van der Waals surface area contributed by atoms with E-state index >= 15 is 0 Å². The molecule has 0 fully saturated rings. The summed E-state index contributed by atoms with van der Waals surface area (Å²) in [6.07, 6.45) is 4.66. The molecule has 0 bridgehead atoms. The second-order valence-corrected chi connectivity index (χ2v) is 8.46. The Labute approximate surface area is 182 Å². The Morgan fingerprint density at radius 2 is 1.97 bits per heavy atom. The first-order chi connectivity index (χ1) is 13.9. The third-order valence-corrected chi connectivity index (χ3v) is 5.70. The molecule has 0 saturated carbocycles. The number of anilines is 1. The molecule has 2 aromatic rings. The predicted octanol–water partition coefficient (Wildman–Crippen LogP) is 4.26. The standard InChI is InChI=1S/C19H22ClFN4O2S2/c1-3-9-29-19-22-11-14(20)16(25-19)18(27)24-15(8-10-28-2)17(26)23-13-6-4-12(21)5-7-13/h4-7,11,15H,3,8-10H2,1-2H3,(H,23,26)(H,24,27). The normalized spacial score (nSPS) is 11.7. The average Bonchev–Trinajstić information content (AvgIpc) is 2.71. The summed E-state index contributed by atoms with van der Waals surface area (Å²) in [5.74, 6) is 0.141. The Morgan fingerprint density at radius 1 is 1.24 bits per heavy atom. The molecular formula is C19H22ClFN4O2S2. The number of benzene rings is 1. The Balaban J connectivity index is 2.13. The van der Waals surface area contributed by atoms with Gasteiger partial charge < -0.3 is 10.6 Å². The van der Waals surface area contributed by atoms with Gasteiger partial charge in [0.25, 0.3) is 5.91 Å². The van der Waals surface area contributed by atoms with E-state index < -0.39 is 23.7 Å². The molecule has 0 aliphatic carbocycles. The fourth-order valence-electron chi connectivity index (χ4n) is 2.27. The van der Waals surface area contributed by atoms with Gasteiger partial charge in [0, 0.05) is 11.4 Å². The highest BCUT2D eigenvalue weighted by Gasteiger charge is 2.24. The van der Waals surface area contributed by atoms with Crippen molar-refractivity contribution in [2.24, 2.45) is 0 Å². The van der Waals surface area contributed by atoms with E-state index in [9.17, 15) is 14.0 Å². The number of aromatic nitrogens is 2. The van der Waals surface area contributed by atoms with E-state index in [0.717, 1.165) is 12.2 Å². The van der Waals surface area contributed by atoms with Gasteiger partial charge in [0.1, 0.15) is 11.9 Å². The van der Waals surface area contributed by atoms with Crippen LogP contribution < -0.4 is 10.6 Å². The minimum atomic E-state index is -0.794. The Kier molecular flexibility index (Phi) is 9.69. The molecule has 1 heterocycles. The lowest BCUT2D eigenvalue weighted by molar-refractivity contribution is -0.118. The Bertz CT molecular complexity index is 839. The second-order valence-electron chi connectivity index (χ2n) is 6.00. The number of halogens is 2. The van der Waals surface area contributed by atoms with Gasteiger partial charge in [-0.15, -0.1) is 0 Å². The number of hydrogen-bond donors (Lipinski definition) is 2. The first-order valence-corrected chi connectivity index (χ1v) is 11.7. The van der Waals surface area contributed by atoms with Crippen LogP contribution in [0.3, 0.4) is 0 Å². The zero-order valence-corrected chi connectivity index (χ0v) is 18.5. The number of nitrogens with zero attached hydrogens (tertiary/aromatic N) is 2. The number of hydrogen-bond acceptors (Lipinski definition) is 6. The van der Waals surface area contributed by atoms with E-state index in [1.165, 1.54) is 42.2 Å². The molecule has 2 amide bonds. The molecule has 10 heteroatoms. The quantitative estimate of drug-likeness (QED) is 0.410. The molecule has 1 atom stereocenters. The molecule has 1 aromatic heterocycles. The summed E-state index contributed by atoms with van der Waals surface area (Å²) in [5.41, 5.74) is 0.474. The van der Waals surface area contributed by atoms with Crippen molar-refractivity contribution in [3.05, 3.63) is 47.0 Å². The zero-order valence-electron chi connectivity index (χ0n) is 16.1. The second kappa shape index (κ2) is 12.0. The topological polar surface area (TPSA) is 84.0 Å². The van der Waals surface area contributed by atoms with Crippen molar-refractivity contribution in [2.75, 3.05) is 23.1 Å². The van der Waals surface area contributed by atoms with E-state index in [4.69, 9.17) is 11.6 Å². The summed E-state index contributed by atoms with van der Waals surface area (Å²) < 4.78 is 13.1. The highest BCUT2D eigenvalue weighted by Crippen LogP contribution is 2.19. The zero-order chi connectivity index (χ0) is 21.2. The van der Waals surface area contributed by atoms with Crippen molar-refractivity contribution in [1.29, 1.82) is 0 Å². The van der Waals surface area contributed by atoms with Crippen LogP contribution >= 0.6 is 35.1 Å². The van der Waals surface area contributed by atoms with Crippen molar-refractivity contribution < 1.29 is 14.0 Å². The van der Waals surface area contributed by atoms with Crippen LogP contribution in [0.5, 0.6) is 0 Å². The largest absolute Gasteiger partial charge is 0.339 e. The fraction of sp³-hybridized carbons (Fsp3) is 0.368. The van der Waals surface area contributed by atoms with Crippen molar-refractivity contribution in [1.82, 2.24) is 15.3 Å². The summed E-state index contributed by atoms with van der Waals surface area (Å²) in [6.45, 7) is 2.03. The third-order valence-electron chi connectivity index (χ3n) is 3.72. The molecule has 0 spiro atoms. The summed E-state index contributed by atoms with van der Waals surface area (Å²) in [5, 5.41) is 5.96. The molecule has 0 saturated heterocycles. The number of amides is 2. The molecule has 1 unspecified atom stereocenters. The van der Waals surface area contributed by atoms with Crippen LogP contribution in [-0.2, 0) is 4.79 Å². The third kappa shape index (κ3) is 7.49. The minimum absolute atomic E-state index is 0.0315. The summed E-state index contributed by atoms with van der Waals surface area (Å²) in [6, 6.07) is 4.62. The summed E-state index contributed by atoms with van der Waals surface area (Å²) in [7, 11) is 0. The molecule has 6 nitrogen and oxygen atoms in total. The van der Waals surface area contributed by atoms with E-state index in [0.29, 0.717) is 23.0 Å². The molecule has 156 valence electrons. The van der Waals surface area contributed by atoms with Crippen LogP contribution in [0.1, 0.15) is 30.3 Å². The molecule has 29 heavy (non-hydrogen) atoms. The maximum absolute atomic E-state index is 13.1. The molecule has 1 aromatic carbocycles. The first-order valence-electron chi connectivity index (χ1n) is 8.96. The number of nitrogens with one attached hydrogen (secondary N) is 2. The van der Waals surface area contributed by atoms with Gasteiger partial charge in [-0.25, -0.2) is 14.4 Å². The van der Waals surface area contributed by atoms with Gasteiger partial charge in [0.05, 0.1) is 11.2 Å². The Morgan fingerprint density at radius 3 is 2.62 bits per heavy atom. The number of thioether (sulfide) groups is 2. The monoisotopic (exact) mass is 456 g/mol. The summed E-state index contributed by atoms with van der Waals surface area (Å²) >= 11 is 9.09. The van der Waals surface area contributed by atoms with Crippen molar-refractivity contribution in [2.45, 2.75) is 31.0 Å². The lowest BCUT2D eigenvalue weighted by Crippen LogP contribution is -2.44. The maximum Gasteiger partial charge on any atom is 0.272 e. The van der Waals surface area contributed by atoms with Crippen molar-refractivity contribution >= 4 is 52.6 Å². The van der Waals surface area contributed by atoms with Crippen molar-refractivity contribution in [3.63, 3.8) is 0 Å². The predicted molar refractivity (Wildman–Crippen MR) is 117 cm³/mol. The molecule has 0 aliphatic rings. The number of carbonyl (C=O) groups is 2. The fourth-order valence-corrected chi connectivity index (χ4v) is 3.58. The highest BCUT2D eigenvalue weighted by atomic mass is 35.5. The van der Waals surface area contributed by atoms with Gasteiger partial charge in [-0.3, -0.25) is 9.59 Å².